The highest BCUT2D eigenvalue weighted by Crippen LogP contribution is 2.47. The zero-order valence-electron chi connectivity index (χ0n) is 23.1. The van der Waals surface area contributed by atoms with Gasteiger partial charge in [0.15, 0.2) is 5.72 Å². The van der Waals surface area contributed by atoms with Gasteiger partial charge < -0.3 is 9.84 Å². The largest absolute Gasteiger partial charge is 0.384 e. The Balaban J connectivity index is 1.36. The number of methoxy groups -OCH3 is 1. The Morgan fingerprint density at radius 2 is 1.85 bits per heavy atom. The van der Waals surface area contributed by atoms with Crippen LogP contribution in [0.4, 0.5) is 0 Å². The molecular formula is C30H32Cl2N6O3. The van der Waals surface area contributed by atoms with Crippen molar-refractivity contribution in [2.24, 2.45) is 0 Å². The molecule has 2 N–H and O–H groups in total. The first-order chi connectivity index (χ1) is 19.6. The molecule has 41 heavy (non-hydrogen) atoms. The normalized spacial score (nSPS) is 22.0. The van der Waals surface area contributed by atoms with Crippen molar-refractivity contribution >= 4 is 29.1 Å². The molecule has 2 atom stereocenters. The van der Waals surface area contributed by atoms with Gasteiger partial charge in [0.1, 0.15) is 0 Å². The van der Waals surface area contributed by atoms with Crippen LogP contribution in [0.5, 0.6) is 0 Å². The van der Waals surface area contributed by atoms with E-state index in [1.807, 2.05) is 36.3 Å². The zero-order valence-corrected chi connectivity index (χ0v) is 24.7. The Hall–Kier alpha value is -3.18. The van der Waals surface area contributed by atoms with E-state index in [1.54, 1.807) is 55.5 Å². The monoisotopic (exact) mass is 594 g/mol. The van der Waals surface area contributed by atoms with Crippen LogP contribution >= 0.6 is 23.2 Å². The van der Waals surface area contributed by atoms with E-state index < -0.39 is 11.3 Å². The van der Waals surface area contributed by atoms with Crippen LogP contribution in [0.15, 0.2) is 72.7 Å². The Labute approximate surface area is 249 Å². The first-order valence-corrected chi connectivity index (χ1v) is 14.2. The number of amides is 1. The molecule has 1 amide bonds. The Kier molecular flexibility index (Phi) is 7.22. The van der Waals surface area contributed by atoms with E-state index in [2.05, 4.69) is 26.6 Å². The molecule has 6 rings (SSSR count). The minimum Gasteiger partial charge on any atom is -0.384 e. The summed E-state index contributed by atoms with van der Waals surface area (Å²) < 4.78 is 6.24. The molecule has 11 heteroatoms. The van der Waals surface area contributed by atoms with Gasteiger partial charge in [0.05, 0.1) is 28.6 Å². The summed E-state index contributed by atoms with van der Waals surface area (Å²) in [5.74, 6) is -0.218. The highest BCUT2D eigenvalue weighted by molar-refractivity contribution is 6.30. The summed E-state index contributed by atoms with van der Waals surface area (Å²) >= 11 is 12.3. The first-order valence-electron chi connectivity index (χ1n) is 13.4. The Morgan fingerprint density at radius 3 is 2.56 bits per heavy atom. The molecule has 1 aromatic heterocycles. The van der Waals surface area contributed by atoms with Gasteiger partial charge in [-0.25, -0.2) is 0 Å². The van der Waals surface area contributed by atoms with Crippen molar-refractivity contribution in [3.63, 3.8) is 0 Å². The molecule has 0 bridgehead atoms. The molecule has 3 aliphatic heterocycles. The summed E-state index contributed by atoms with van der Waals surface area (Å²) in [6.45, 7) is 4.72. The SMILES string of the molecule is CO[C@]1(c2ccc(Cl)cc2)c2ccc(C(C)(O)CN3CCN4NN(C)C=C4C3)cc2C(=O)N1Cc1ccc(Cl)cn1. The van der Waals surface area contributed by atoms with Gasteiger partial charge in [-0.15, -0.1) is 5.53 Å². The third-order valence-corrected chi connectivity index (χ3v) is 8.50. The number of pyridine rings is 1. The summed E-state index contributed by atoms with van der Waals surface area (Å²) in [5.41, 5.74) is 5.26. The molecule has 4 heterocycles. The smallest absolute Gasteiger partial charge is 0.257 e. The van der Waals surface area contributed by atoms with Crippen molar-refractivity contribution in [1.29, 1.82) is 0 Å². The number of carbonyl (C=O) groups is 1. The number of ether oxygens (including phenoxy) is 1. The van der Waals surface area contributed by atoms with E-state index in [9.17, 15) is 9.90 Å². The average molecular weight is 596 g/mol. The molecular weight excluding hydrogens is 563 g/mol. The van der Waals surface area contributed by atoms with Gasteiger partial charge in [-0.2, -0.15) is 0 Å². The van der Waals surface area contributed by atoms with E-state index in [4.69, 9.17) is 27.9 Å². The number of nitrogens with zero attached hydrogens (tertiary/aromatic N) is 5. The summed E-state index contributed by atoms with van der Waals surface area (Å²) in [6.07, 6.45) is 3.62. The number of aliphatic hydroxyl groups is 1. The number of hydrogen-bond donors (Lipinski definition) is 2. The molecule has 1 saturated heterocycles. The molecule has 1 fully saturated rings. The number of nitrogens with one attached hydrogen (secondary N) is 1. The van der Waals surface area contributed by atoms with Crippen molar-refractivity contribution in [1.82, 2.24) is 30.3 Å². The number of rotatable bonds is 7. The number of fused-ring (bicyclic) bond motifs is 2. The lowest BCUT2D eigenvalue weighted by atomic mass is 9.88. The van der Waals surface area contributed by atoms with E-state index in [1.165, 1.54) is 0 Å². The van der Waals surface area contributed by atoms with Crippen LogP contribution in [0.25, 0.3) is 0 Å². The van der Waals surface area contributed by atoms with Crippen LogP contribution in [0, 0.1) is 0 Å². The highest BCUT2D eigenvalue weighted by atomic mass is 35.5. The van der Waals surface area contributed by atoms with Crippen LogP contribution < -0.4 is 5.53 Å². The summed E-state index contributed by atoms with van der Waals surface area (Å²) in [6, 6.07) is 16.4. The van der Waals surface area contributed by atoms with E-state index in [0.717, 1.165) is 24.4 Å². The maximum atomic E-state index is 14.2. The van der Waals surface area contributed by atoms with Crippen molar-refractivity contribution < 1.29 is 14.6 Å². The maximum absolute atomic E-state index is 14.2. The third-order valence-electron chi connectivity index (χ3n) is 8.03. The molecule has 1 unspecified atom stereocenters. The number of hydrogen-bond acceptors (Lipinski definition) is 8. The second-order valence-electron chi connectivity index (χ2n) is 10.9. The van der Waals surface area contributed by atoms with Gasteiger partial charge in [-0.05, 0) is 42.8 Å². The van der Waals surface area contributed by atoms with Gasteiger partial charge in [0.25, 0.3) is 5.91 Å². The van der Waals surface area contributed by atoms with Crippen LogP contribution in [-0.2, 0) is 22.6 Å². The number of carbonyl (C=O) groups excluding carboxylic acids is 1. The second kappa shape index (κ2) is 10.6. The van der Waals surface area contributed by atoms with Gasteiger partial charge in [0.2, 0.25) is 0 Å². The van der Waals surface area contributed by atoms with Crippen LogP contribution in [0.1, 0.15) is 39.7 Å². The van der Waals surface area contributed by atoms with Gasteiger partial charge in [0, 0.05) is 74.4 Å². The lowest BCUT2D eigenvalue weighted by Gasteiger charge is -2.39. The Morgan fingerprint density at radius 1 is 1.10 bits per heavy atom. The predicted octanol–water partition coefficient (Wildman–Crippen LogP) is 3.92. The summed E-state index contributed by atoms with van der Waals surface area (Å²) in [5, 5.41) is 16.9. The molecule has 2 aromatic carbocycles. The fourth-order valence-electron chi connectivity index (χ4n) is 6.06. The summed E-state index contributed by atoms with van der Waals surface area (Å²) in [7, 11) is 3.55. The number of aromatic nitrogens is 1. The lowest BCUT2D eigenvalue weighted by Crippen LogP contribution is -2.51. The quantitative estimate of drug-likeness (QED) is 0.426. The first kappa shape index (κ1) is 28.0. The second-order valence-corrected chi connectivity index (χ2v) is 11.8. The van der Waals surface area contributed by atoms with Crippen molar-refractivity contribution in [3.05, 3.63) is 111 Å². The van der Waals surface area contributed by atoms with Crippen LogP contribution in [0.3, 0.4) is 0 Å². The standard InChI is InChI=1S/C30H32Cl2N6O3/c1-29(40,19-36-12-13-38-25(18-36)17-35(2)34-38)21-6-11-27-26(14-21)28(39)37(16-24-10-9-23(32)15-33-24)30(27,41-3)20-4-7-22(31)8-5-20/h4-11,14-15,17,34,40H,12-13,16,18-19H2,1-3H3/t29?,30-/m1/s1. The van der Waals surface area contributed by atoms with Crippen molar-refractivity contribution in [3.8, 4) is 0 Å². The summed E-state index contributed by atoms with van der Waals surface area (Å²) in [4.78, 5) is 22.5. The number of halogens is 2. The molecule has 3 aromatic rings. The minimum atomic E-state index is -1.22. The molecule has 3 aliphatic rings. The van der Waals surface area contributed by atoms with E-state index in [-0.39, 0.29) is 12.5 Å². The number of hydrazine groups is 2. The fourth-order valence-corrected chi connectivity index (χ4v) is 6.30. The minimum absolute atomic E-state index is 0.189. The number of piperazine rings is 1. The molecule has 0 saturated carbocycles. The predicted molar refractivity (Wildman–Crippen MR) is 157 cm³/mol. The molecule has 214 valence electrons. The lowest BCUT2D eigenvalue weighted by molar-refractivity contribution is -0.0868. The topological polar surface area (TPSA) is 84.4 Å². The molecule has 9 nitrogen and oxygen atoms in total. The average Bonchev–Trinajstić information content (AvgIpc) is 3.44. The maximum Gasteiger partial charge on any atom is 0.257 e. The van der Waals surface area contributed by atoms with Gasteiger partial charge in [-0.3, -0.25) is 29.6 Å². The highest BCUT2D eigenvalue weighted by Gasteiger charge is 2.52. The molecule has 0 radical (unpaired) electrons. The third kappa shape index (κ3) is 4.97. The van der Waals surface area contributed by atoms with Crippen molar-refractivity contribution in [2.45, 2.75) is 24.8 Å². The van der Waals surface area contributed by atoms with Gasteiger partial charge in [-0.1, -0.05) is 47.5 Å². The van der Waals surface area contributed by atoms with Crippen LogP contribution in [0.2, 0.25) is 10.0 Å². The zero-order chi connectivity index (χ0) is 28.9. The van der Waals surface area contributed by atoms with Crippen molar-refractivity contribution in [2.75, 3.05) is 40.3 Å². The van der Waals surface area contributed by atoms with Crippen LogP contribution in [-0.4, -0.2) is 76.2 Å². The number of β-amino-alcohol motifs (C(OH)–C–C–N with tert-alkyl or cyclic N) is 1. The molecule has 0 aliphatic carbocycles. The van der Waals surface area contributed by atoms with E-state index in [0.29, 0.717) is 45.5 Å². The fraction of sp³-hybridized carbons (Fsp3) is 0.333. The Bertz CT molecular complexity index is 1500. The molecule has 0 spiro atoms. The number of benzene rings is 2. The van der Waals surface area contributed by atoms with Gasteiger partial charge >= 0.3 is 0 Å². The van der Waals surface area contributed by atoms with E-state index >= 15 is 0 Å².